The number of amides is 1. The standard InChI is InChI=1S/C31H40N2O3/c1-6-8-9-18-28(35)33-25-16-12-11-15-23(25)32-24-19-31(4,5)20-26(34)29(24)30(33)22-14-10-13-17-27(22)36-21(3)7-2/h10-17,21,30,32H,6-9,18-20H2,1-5H3/t21-,30+/m1/s1. The van der Waals surface area contributed by atoms with Crippen LogP contribution >= 0.6 is 0 Å². The molecule has 36 heavy (non-hydrogen) atoms. The van der Waals surface area contributed by atoms with Gasteiger partial charge in [-0.1, -0.05) is 70.9 Å². The summed E-state index contributed by atoms with van der Waals surface area (Å²) in [5, 5.41) is 3.59. The lowest BCUT2D eigenvalue weighted by molar-refractivity contribution is -0.119. The van der Waals surface area contributed by atoms with Gasteiger partial charge < -0.3 is 10.1 Å². The number of carbonyl (C=O) groups is 2. The first-order valence-electron chi connectivity index (χ1n) is 13.5. The largest absolute Gasteiger partial charge is 0.490 e. The Kier molecular flexibility index (Phi) is 7.87. The number of hydrogen-bond acceptors (Lipinski definition) is 4. The van der Waals surface area contributed by atoms with Crippen LogP contribution in [0, 0.1) is 5.41 Å². The molecule has 0 radical (unpaired) electrons. The first kappa shape index (κ1) is 26.0. The van der Waals surface area contributed by atoms with Crippen LogP contribution in [-0.4, -0.2) is 17.8 Å². The number of anilines is 2. The minimum Gasteiger partial charge on any atom is -0.490 e. The van der Waals surface area contributed by atoms with E-state index in [9.17, 15) is 9.59 Å². The molecule has 2 aromatic rings. The number of allylic oxidation sites excluding steroid dienone is 1. The molecule has 0 bridgehead atoms. The van der Waals surface area contributed by atoms with Gasteiger partial charge in [-0.25, -0.2) is 0 Å². The summed E-state index contributed by atoms with van der Waals surface area (Å²) in [6.07, 6.45) is 5.39. The number of Topliss-reactive ketones (excluding diaryl/α,β-unsaturated/α-hetero) is 1. The molecule has 0 saturated carbocycles. The van der Waals surface area contributed by atoms with E-state index in [1.165, 1.54) is 0 Å². The molecule has 0 fully saturated rings. The summed E-state index contributed by atoms with van der Waals surface area (Å²) < 4.78 is 6.37. The van der Waals surface area contributed by atoms with Crippen LogP contribution in [0.5, 0.6) is 5.75 Å². The van der Waals surface area contributed by atoms with Crippen LogP contribution in [0.1, 0.15) is 91.2 Å². The normalized spacial score (nSPS) is 19.6. The fourth-order valence-corrected chi connectivity index (χ4v) is 5.32. The Morgan fingerprint density at radius 3 is 2.56 bits per heavy atom. The molecule has 1 heterocycles. The van der Waals surface area contributed by atoms with Crippen molar-refractivity contribution >= 4 is 23.1 Å². The van der Waals surface area contributed by atoms with Gasteiger partial charge in [0.1, 0.15) is 5.75 Å². The zero-order chi connectivity index (χ0) is 25.9. The van der Waals surface area contributed by atoms with Crippen LogP contribution in [-0.2, 0) is 9.59 Å². The summed E-state index contributed by atoms with van der Waals surface area (Å²) in [6, 6.07) is 15.3. The third-order valence-electron chi connectivity index (χ3n) is 7.28. The maximum Gasteiger partial charge on any atom is 0.227 e. The molecule has 1 aliphatic heterocycles. The Morgan fingerprint density at radius 2 is 1.81 bits per heavy atom. The van der Waals surface area contributed by atoms with Crippen LogP contribution in [0.25, 0.3) is 0 Å². The zero-order valence-corrected chi connectivity index (χ0v) is 22.4. The Balaban J connectivity index is 1.95. The molecule has 1 aliphatic carbocycles. The van der Waals surface area contributed by atoms with Gasteiger partial charge in [0.2, 0.25) is 5.91 Å². The average molecular weight is 489 g/mol. The number of nitrogens with zero attached hydrogens (tertiary/aromatic N) is 1. The van der Waals surface area contributed by atoms with E-state index in [1.807, 2.05) is 60.4 Å². The van der Waals surface area contributed by atoms with Crippen molar-refractivity contribution in [3.05, 3.63) is 65.4 Å². The van der Waals surface area contributed by atoms with Crippen molar-refractivity contribution in [3.8, 4) is 5.75 Å². The number of rotatable bonds is 8. The van der Waals surface area contributed by atoms with Crippen LogP contribution in [0.2, 0.25) is 0 Å². The first-order chi connectivity index (χ1) is 17.3. The highest BCUT2D eigenvalue weighted by molar-refractivity contribution is 6.06. The molecule has 5 nitrogen and oxygen atoms in total. The smallest absolute Gasteiger partial charge is 0.227 e. The number of unbranched alkanes of at least 4 members (excludes halogenated alkanes) is 2. The molecule has 2 atom stereocenters. The van der Waals surface area contributed by atoms with E-state index in [-0.39, 0.29) is 23.2 Å². The molecule has 1 amide bonds. The summed E-state index contributed by atoms with van der Waals surface area (Å²) in [5.41, 5.74) is 3.98. The van der Waals surface area contributed by atoms with Gasteiger partial charge in [-0.15, -0.1) is 0 Å². The maximum atomic E-state index is 14.0. The third kappa shape index (κ3) is 5.35. The van der Waals surface area contributed by atoms with E-state index in [2.05, 4.69) is 33.0 Å². The number of ketones is 1. The molecule has 1 N–H and O–H groups in total. The lowest BCUT2D eigenvalue weighted by Crippen LogP contribution is -2.39. The fraction of sp³-hybridized carbons (Fsp3) is 0.484. The fourth-order valence-electron chi connectivity index (χ4n) is 5.32. The molecule has 2 aliphatic rings. The number of carbonyl (C=O) groups excluding carboxylic acids is 2. The monoisotopic (exact) mass is 488 g/mol. The number of benzene rings is 2. The second-order valence-electron chi connectivity index (χ2n) is 11.0. The molecule has 4 rings (SSSR count). The molecule has 5 heteroatoms. The predicted octanol–water partition coefficient (Wildman–Crippen LogP) is 7.59. The topological polar surface area (TPSA) is 58.6 Å². The van der Waals surface area contributed by atoms with Gasteiger partial charge in [-0.2, -0.15) is 0 Å². The van der Waals surface area contributed by atoms with Gasteiger partial charge in [0.05, 0.1) is 23.5 Å². The van der Waals surface area contributed by atoms with Crippen LogP contribution < -0.4 is 15.0 Å². The molecule has 0 spiro atoms. The molecule has 192 valence electrons. The zero-order valence-electron chi connectivity index (χ0n) is 22.4. The highest BCUT2D eigenvalue weighted by Crippen LogP contribution is 2.50. The number of fused-ring (bicyclic) bond motifs is 1. The molecular weight excluding hydrogens is 448 g/mol. The maximum absolute atomic E-state index is 14.0. The van der Waals surface area contributed by atoms with Crippen molar-refractivity contribution in [2.24, 2.45) is 5.41 Å². The summed E-state index contributed by atoms with van der Waals surface area (Å²) in [7, 11) is 0. The molecule has 2 aromatic carbocycles. The minimum atomic E-state index is -0.547. The van der Waals surface area contributed by atoms with Crippen molar-refractivity contribution in [3.63, 3.8) is 0 Å². The van der Waals surface area contributed by atoms with E-state index in [4.69, 9.17) is 4.74 Å². The van der Waals surface area contributed by atoms with E-state index in [0.717, 1.165) is 60.5 Å². The number of para-hydroxylation sites is 3. The molecular formula is C31H40N2O3. The summed E-state index contributed by atoms with van der Waals surface area (Å²) in [4.78, 5) is 29.7. The Morgan fingerprint density at radius 1 is 1.08 bits per heavy atom. The summed E-state index contributed by atoms with van der Waals surface area (Å²) in [6.45, 7) is 10.6. The van der Waals surface area contributed by atoms with E-state index in [0.29, 0.717) is 18.4 Å². The van der Waals surface area contributed by atoms with Crippen molar-refractivity contribution < 1.29 is 14.3 Å². The van der Waals surface area contributed by atoms with Gasteiger partial charge in [0.15, 0.2) is 5.78 Å². The first-order valence-corrected chi connectivity index (χ1v) is 13.5. The van der Waals surface area contributed by atoms with E-state index < -0.39 is 6.04 Å². The van der Waals surface area contributed by atoms with Crippen molar-refractivity contribution in [1.82, 2.24) is 0 Å². The van der Waals surface area contributed by atoms with Crippen LogP contribution in [0.15, 0.2) is 59.8 Å². The Bertz CT molecular complexity index is 1150. The van der Waals surface area contributed by atoms with Crippen molar-refractivity contribution in [2.75, 3.05) is 10.2 Å². The predicted molar refractivity (Wildman–Crippen MR) is 146 cm³/mol. The van der Waals surface area contributed by atoms with Crippen LogP contribution in [0.3, 0.4) is 0 Å². The number of ether oxygens (including phenoxy) is 1. The van der Waals surface area contributed by atoms with Gasteiger partial charge >= 0.3 is 0 Å². The summed E-state index contributed by atoms with van der Waals surface area (Å²) >= 11 is 0. The second-order valence-corrected chi connectivity index (χ2v) is 11.0. The Hall–Kier alpha value is -3.08. The van der Waals surface area contributed by atoms with Gasteiger partial charge in [-0.05, 0) is 49.8 Å². The second kappa shape index (κ2) is 10.9. The van der Waals surface area contributed by atoms with Gasteiger partial charge in [0, 0.05) is 29.7 Å². The molecule has 0 saturated heterocycles. The molecule has 0 unspecified atom stereocenters. The molecule has 0 aromatic heterocycles. The van der Waals surface area contributed by atoms with Gasteiger partial charge in [-0.3, -0.25) is 14.5 Å². The number of nitrogens with one attached hydrogen (secondary N) is 1. The lowest BCUT2D eigenvalue weighted by Gasteiger charge is -2.37. The van der Waals surface area contributed by atoms with Crippen LogP contribution in [0.4, 0.5) is 11.4 Å². The van der Waals surface area contributed by atoms with E-state index >= 15 is 0 Å². The number of hydrogen-bond donors (Lipinski definition) is 1. The Labute approximate surface area is 215 Å². The minimum absolute atomic E-state index is 0.0190. The van der Waals surface area contributed by atoms with Gasteiger partial charge in [0.25, 0.3) is 0 Å². The van der Waals surface area contributed by atoms with E-state index in [1.54, 1.807) is 0 Å². The summed E-state index contributed by atoms with van der Waals surface area (Å²) in [5.74, 6) is 0.857. The average Bonchev–Trinajstić information content (AvgIpc) is 2.98. The quantitative estimate of drug-likeness (QED) is 0.389. The van der Waals surface area contributed by atoms with Crippen molar-refractivity contribution in [2.45, 2.75) is 91.7 Å². The lowest BCUT2D eigenvalue weighted by atomic mass is 9.73. The van der Waals surface area contributed by atoms with Crippen molar-refractivity contribution in [1.29, 1.82) is 0 Å². The SMILES string of the molecule is CCCCCC(=O)N1c2ccccc2NC2=C(C(=O)CC(C)(C)C2)[C@@H]1c1ccccc1O[C@H](C)CC. The highest BCUT2D eigenvalue weighted by Gasteiger charge is 2.44. The highest BCUT2D eigenvalue weighted by atomic mass is 16.5. The third-order valence-corrected chi connectivity index (χ3v) is 7.28.